The lowest BCUT2D eigenvalue weighted by molar-refractivity contribution is 0.398. The highest BCUT2D eigenvalue weighted by molar-refractivity contribution is 6.15. The summed E-state index contributed by atoms with van der Waals surface area (Å²) in [4.78, 5) is 8.86. The van der Waals surface area contributed by atoms with Gasteiger partial charge >= 0.3 is 0 Å². The van der Waals surface area contributed by atoms with Crippen molar-refractivity contribution in [2.45, 2.75) is 93.2 Å². The molecule has 0 amide bonds. The van der Waals surface area contributed by atoms with E-state index in [1.807, 2.05) is 81.4 Å². The third-order valence-electron chi connectivity index (χ3n) is 7.99. The number of fused-ring (bicyclic) bond motifs is 2. The average Bonchev–Trinajstić information content (AvgIpc) is 2.90. The molecule has 6 N–H and O–H groups in total. The van der Waals surface area contributed by atoms with Crippen LogP contribution in [0, 0.1) is 13.8 Å². The number of aryl methyl sites for hydroxylation is 2. The van der Waals surface area contributed by atoms with Crippen LogP contribution in [0.2, 0.25) is 0 Å². The van der Waals surface area contributed by atoms with Crippen LogP contribution in [0.15, 0.2) is 22.1 Å². The van der Waals surface area contributed by atoms with E-state index < -0.39 is 0 Å². The number of aliphatic imine (C=N–C) groups is 2. The molecule has 0 fully saturated rings. The zero-order valence-corrected chi connectivity index (χ0v) is 27.2. The van der Waals surface area contributed by atoms with E-state index in [0.717, 1.165) is 0 Å². The number of nitrogens with zero attached hydrogens (tertiary/aromatic N) is 2. The number of hydrogen-bond acceptors (Lipinski definition) is 8. The molecule has 44 heavy (non-hydrogen) atoms. The summed E-state index contributed by atoms with van der Waals surface area (Å²) < 4.78 is 0. The predicted molar refractivity (Wildman–Crippen MR) is 180 cm³/mol. The van der Waals surface area contributed by atoms with Crippen LogP contribution >= 0.6 is 0 Å². The van der Waals surface area contributed by atoms with Crippen molar-refractivity contribution in [1.82, 2.24) is 0 Å². The van der Waals surface area contributed by atoms with Gasteiger partial charge in [0.25, 0.3) is 0 Å². The summed E-state index contributed by atoms with van der Waals surface area (Å²) >= 11 is 0. The highest BCUT2D eigenvalue weighted by atomic mass is 16.3. The first-order valence-corrected chi connectivity index (χ1v) is 15.1. The van der Waals surface area contributed by atoms with Crippen molar-refractivity contribution in [2.24, 2.45) is 9.98 Å². The maximum atomic E-state index is 12.1. The van der Waals surface area contributed by atoms with E-state index in [1.165, 1.54) is 12.4 Å². The molecule has 0 aliphatic carbocycles. The number of hydrogen-bond donors (Lipinski definition) is 6. The van der Waals surface area contributed by atoms with Gasteiger partial charge in [0.1, 0.15) is 11.5 Å². The molecule has 0 saturated carbocycles. The first-order chi connectivity index (χ1) is 20.5. The summed E-state index contributed by atoms with van der Waals surface area (Å²) in [7, 11) is 0. The Hall–Kier alpha value is -4.46. The lowest BCUT2D eigenvalue weighted by atomic mass is 9.83. The monoisotopic (exact) mass is 600 g/mol. The topological polar surface area (TPSA) is 146 Å². The maximum Gasteiger partial charge on any atom is 0.167 e. The van der Waals surface area contributed by atoms with E-state index in [9.17, 15) is 30.6 Å². The van der Waals surface area contributed by atoms with Gasteiger partial charge in [-0.05, 0) is 75.3 Å². The van der Waals surface area contributed by atoms with Gasteiger partial charge in [0.2, 0.25) is 0 Å². The van der Waals surface area contributed by atoms with E-state index in [-0.39, 0.29) is 69.5 Å². The van der Waals surface area contributed by atoms with Crippen LogP contribution < -0.4 is 0 Å². The lowest BCUT2D eigenvalue weighted by Gasteiger charge is -2.23. The molecule has 4 aromatic rings. The first kappa shape index (κ1) is 32.5. The summed E-state index contributed by atoms with van der Waals surface area (Å²) in [5.41, 5.74) is 3.21. The molecule has 0 aliphatic heterocycles. The van der Waals surface area contributed by atoms with E-state index in [4.69, 9.17) is 0 Å². The average molecular weight is 601 g/mol. The fourth-order valence-corrected chi connectivity index (χ4v) is 6.07. The third-order valence-corrected chi connectivity index (χ3v) is 7.99. The second-order valence-corrected chi connectivity index (χ2v) is 12.8. The Bertz CT molecular complexity index is 1710. The van der Waals surface area contributed by atoms with Crippen LogP contribution in [0.4, 0.5) is 0 Å². The van der Waals surface area contributed by atoms with Gasteiger partial charge in [-0.25, -0.2) is 0 Å². The second kappa shape index (κ2) is 11.9. The molecule has 0 heterocycles. The summed E-state index contributed by atoms with van der Waals surface area (Å²) in [6, 6.07) is 3.45. The molecule has 0 spiro atoms. The van der Waals surface area contributed by atoms with E-state index in [1.54, 1.807) is 0 Å². The quantitative estimate of drug-likeness (QED) is 0.0927. The predicted octanol–water partition coefficient (Wildman–Crippen LogP) is 8.41. The van der Waals surface area contributed by atoms with Crippen LogP contribution in [0.1, 0.15) is 101 Å². The molecular weight excluding hydrogens is 556 g/mol. The van der Waals surface area contributed by atoms with Crippen molar-refractivity contribution < 1.29 is 30.6 Å². The van der Waals surface area contributed by atoms with Gasteiger partial charge in [-0.15, -0.1) is 0 Å². The molecule has 8 nitrogen and oxygen atoms in total. The highest BCUT2D eigenvalue weighted by Gasteiger charge is 2.29. The number of rotatable bonds is 7. The largest absolute Gasteiger partial charge is 0.507 e. The van der Waals surface area contributed by atoms with Gasteiger partial charge in [-0.2, -0.15) is 0 Å². The smallest absolute Gasteiger partial charge is 0.167 e. The zero-order chi connectivity index (χ0) is 32.9. The first-order valence-electron chi connectivity index (χ1n) is 15.1. The van der Waals surface area contributed by atoms with Gasteiger partial charge in [0.15, 0.2) is 23.0 Å². The van der Waals surface area contributed by atoms with Gasteiger partial charge in [-0.1, -0.05) is 39.8 Å². The van der Waals surface area contributed by atoms with Crippen molar-refractivity contribution in [3.05, 3.63) is 45.5 Å². The van der Waals surface area contributed by atoms with Crippen LogP contribution in [-0.4, -0.2) is 55.2 Å². The summed E-state index contributed by atoms with van der Waals surface area (Å²) in [6.45, 7) is 18.7. The fourth-order valence-electron chi connectivity index (χ4n) is 6.07. The molecule has 0 aliphatic rings. The summed E-state index contributed by atoms with van der Waals surface area (Å²) in [5.74, 6) is -2.05. The Balaban J connectivity index is 2.27. The molecule has 0 bridgehead atoms. The van der Waals surface area contributed by atoms with Crippen molar-refractivity contribution in [1.29, 1.82) is 0 Å². The minimum Gasteiger partial charge on any atom is -0.507 e. The van der Waals surface area contributed by atoms with Gasteiger partial charge in [-0.3, -0.25) is 9.98 Å². The van der Waals surface area contributed by atoms with Crippen molar-refractivity contribution >= 4 is 34.0 Å². The Morgan fingerprint density at radius 3 is 1.09 bits per heavy atom. The number of aromatic hydroxyl groups is 6. The molecule has 0 atom stereocenters. The Labute approximate surface area is 258 Å². The maximum absolute atomic E-state index is 12.1. The van der Waals surface area contributed by atoms with E-state index >= 15 is 0 Å². The van der Waals surface area contributed by atoms with Gasteiger partial charge < -0.3 is 30.6 Å². The Morgan fingerprint density at radius 2 is 0.818 bits per heavy atom. The van der Waals surface area contributed by atoms with Crippen LogP contribution in [0.5, 0.6) is 34.5 Å². The standard InChI is InChI=1S/C36H44N2O6/c1-15(2)25-21-11-19(9)27(33(41)29(21)23(13-37-17(5)6)31(39)35(25)43)28-20(10)12-22-26(16(3)4)36(44)32(40)24(14-38-18(7)8)30(22)34(28)42/h11-18,39-44H,1-10H3. The Kier molecular flexibility index (Phi) is 8.78. The molecule has 0 radical (unpaired) electrons. The zero-order valence-electron chi connectivity index (χ0n) is 27.2. The number of benzene rings is 4. The number of phenols is 6. The molecule has 0 saturated heterocycles. The molecule has 0 aromatic heterocycles. The lowest BCUT2D eigenvalue weighted by Crippen LogP contribution is -2.02. The molecular formula is C36H44N2O6. The molecule has 4 aromatic carbocycles. The molecule has 8 heteroatoms. The summed E-state index contributed by atoms with van der Waals surface area (Å²) in [6.07, 6.45) is 2.91. The van der Waals surface area contributed by atoms with Crippen molar-refractivity contribution in [3.63, 3.8) is 0 Å². The minimum absolute atomic E-state index is 0.111. The van der Waals surface area contributed by atoms with E-state index in [0.29, 0.717) is 54.9 Å². The SMILES string of the molecule is Cc1cc2c(C(C)C)c(O)c(O)c(C=NC(C)C)c2c(O)c1-c1c(C)cc2c(C(C)C)c(O)c(O)c(C=NC(C)C)c2c1O. The highest BCUT2D eigenvalue weighted by Crippen LogP contribution is 2.54. The van der Waals surface area contributed by atoms with Crippen LogP contribution in [-0.2, 0) is 0 Å². The molecule has 0 unspecified atom stereocenters. The normalized spacial score (nSPS) is 12.6. The van der Waals surface area contributed by atoms with E-state index in [2.05, 4.69) is 9.98 Å². The minimum atomic E-state index is -0.385. The number of phenolic OH excluding ortho intramolecular Hbond substituents is 6. The van der Waals surface area contributed by atoms with Crippen molar-refractivity contribution in [2.75, 3.05) is 0 Å². The van der Waals surface area contributed by atoms with Crippen LogP contribution in [0.3, 0.4) is 0 Å². The molecule has 234 valence electrons. The fraction of sp³-hybridized carbons (Fsp3) is 0.389. The van der Waals surface area contributed by atoms with Crippen molar-refractivity contribution in [3.8, 4) is 45.6 Å². The van der Waals surface area contributed by atoms with Crippen LogP contribution in [0.25, 0.3) is 32.7 Å². The van der Waals surface area contributed by atoms with Gasteiger partial charge in [0.05, 0.1) is 0 Å². The summed E-state index contributed by atoms with van der Waals surface area (Å²) in [5, 5.41) is 70.3. The van der Waals surface area contributed by atoms with Gasteiger partial charge in [0, 0.05) is 68.7 Å². The Morgan fingerprint density at radius 1 is 0.500 bits per heavy atom. The molecule has 4 rings (SSSR count). The second-order valence-electron chi connectivity index (χ2n) is 12.8. The third kappa shape index (κ3) is 5.27.